The molecule has 4 aliphatic rings. The molecule has 1 unspecified atom stereocenters. The number of amides is 2. The number of hydrogen-bond acceptors (Lipinski definition) is 4. The molecule has 1 spiro atoms. The molecule has 0 radical (unpaired) electrons. The Hall–Kier alpha value is -3.02. The molecule has 43 heavy (non-hydrogen) atoms. The van der Waals surface area contributed by atoms with Crippen LogP contribution in [0.25, 0.3) is 0 Å². The fraction of sp³-hybridized carbons (Fsp3) is 0.548. The molecule has 6 nitrogen and oxygen atoms in total. The van der Waals surface area contributed by atoms with E-state index in [4.69, 9.17) is 0 Å². The first-order valence-electron chi connectivity index (χ1n) is 14.6. The van der Waals surface area contributed by atoms with Crippen molar-refractivity contribution in [1.29, 1.82) is 0 Å². The third kappa shape index (κ3) is 4.41. The van der Waals surface area contributed by atoms with Crippen LogP contribution in [0.1, 0.15) is 62.1 Å². The maximum atomic E-state index is 15.0. The summed E-state index contributed by atoms with van der Waals surface area (Å²) in [6, 6.07) is 7.75. The fourth-order valence-electron chi connectivity index (χ4n) is 8.01. The highest BCUT2D eigenvalue weighted by Gasteiger charge is 2.63. The number of piperidine rings is 1. The van der Waals surface area contributed by atoms with Crippen molar-refractivity contribution in [2.24, 2.45) is 17.3 Å². The molecule has 2 saturated heterocycles. The van der Waals surface area contributed by atoms with Gasteiger partial charge >= 0.3 is 6.18 Å². The number of carbonyl (C=O) groups excluding carboxylic acids is 2. The van der Waals surface area contributed by atoms with E-state index in [1.807, 2.05) is 0 Å². The zero-order valence-electron chi connectivity index (χ0n) is 23.6. The van der Waals surface area contributed by atoms with Crippen LogP contribution in [-0.2, 0) is 36.3 Å². The second kappa shape index (κ2) is 10.0. The monoisotopic (exact) mass is 624 g/mol. The molecule has 2 aliphatic carbocycles. The van der Waals surface area contributed by atoms with E-state index in [0.717, 1.165) is 36.4 Å². The number of hydrogen-bond donors (Lipinski definition) is 1. The predicted octanol–water partition coefficient (Wildman–Crippen LogP) is 5.34. The molecule has 12 heteroatoms. The van der Waals surface area contributed by atoms with Crippen LogP contribution in [0.2, 0.25) is 0 Å². The van der Waals surface area contributed by atoms with E-state index in [0.29, 0.717) is 51.4 Å². The van der Waals surface area contributed by atoms with E-state index >= 15 is 0 Å². The summed E-state index contributed by atoms with van der Waals surface area (Å²) in [6.45, 7) is 1.79. The van der Waals surface area contributed by atoms with Gasteiger partial charge in [-0.15, -0.1) is 0 Å². The van der Waals surface area contributed by atoms with Crippen LogP contribution < -0.4 is 5.32 Å². The van der Waals surface area contributed by atoms with Crippen molar-refractivity contribution in [2.45, 2.75) is 73.4 Å². The standard InChI is InChI=1S/C31H33F5N2O4S/c1-28(33,31(34,35)36)20-3-9-24-19(18-20)2-8-25-23(26(39)38-16-13-29(14-17-38)12-15-37-27(29)40)10-11-30(24,25)43(41,42)22-6-4-21(32)5-7-22/h3-7,9,18,23,25H,2,8,10-17H2,1H3,(H,37,40)/t23-,25+,28?,30-/m1/s1. The SMILES string of the molecule is CC(F)(c1ccc2c(c1)CC[C@H]1[C@H](C(=O)N3CCC4(CCNC4=O)CC3)CC[C@@]21S(=O)(=O)c1ccc(F)cc1)C(F)(F)F. The quantitative estimate of drug-likeness (QED) is 0.368. The van der Waals surface area contributed by atoms with Crippen molar-refractivity contribution in [2.75, 3.05) is 19.6 Å². The van der Waals surface area contributed by atoms with Gasteiger partial charge in [-0.2, -0.15) is 13.2 Å². The Morgan fingerprint density at radius 2 is 1.65 bits per heavy atom. The van der Waals surface area contributed by atoms with Gasteiger partial charge in [-0.1, -0.05) is 18.2 Å². The van der Waals surface area contributed by atoms with Crippen molar-refractivity contribution < 1.29 is 40.0 Å². The fourth-order valence-corrected chi connectivity index (χ4v) is 10.5. The van der Waals surface area contributed by atoms with Crippen molar-refractivity contribution in [3.8, 4) is 0 Å². The summed E-state index contributed by atoms with van der Waals surface area (Å²) in [7, 11) is -4.30. The van der Waals surface area contributed by atoms with Gasteiger partial charge in [0.15, 0.2) is 9.84 Å². The van der Waals surface area contributed by atoms with Crippen LogP contribution in [0.4, 0.5) is 22.0 Å². The molecule has 0 bridgehead atoms. The topological polar surface area (TPSA) is 83.6 Å². The highest BCUT2D eigenvalue weighted by atomic mass is 32.2. The van der Waals surface area contributed by atoms with E-state index < -0.39 is 55.1 Å². The molecule has 0 aromatic heterocycles. The van der Waals surface area contributed by atoms with Crippen molar-refractivity contribution in [1.82, 2.24) is 10.2 Å². The number of rotatable bonds is 4. The van der Waals surface area contributed by atoms with Crippen LogP contribution in [-0.4, -0.2) is 50.9 Å². The van der Waals surface area contributed by atoms with Crippen LogP contribution in [0.15, 0.2) is 47.4 Å². The Bertz CT molecular complexity index is 1570. The lowest BCUT2D eigenvalue weighted by Crippen LogP contribution is -2.50. The zero-order valence-corrected chi connectivity index (χ0v) is 24.5. The maximum Gasteiger partial charge on any atom is 0.426 e. The molecule has 2 amide bonds. The van der Waals surface area contributed by atoms with Gasteiger partial charge in [-0.25, -0.2) is 17.2 Å². The molecule has 2 aromatic rings. The second-order valence-corrected chi connectivity index (χ2v) is 14.8. The number of halogens is 5. The number of likely N-dealkylation sites (tertiary alicyclic amines) is 1. The van der Waals surface area contributed by atoms with Crippen molar-refractivity contribution in [3.63, 3.8) is 0 Å². The molecule has 2 heterocycles. The number of carbonyl (C=O) groups is 2. The summed E-state index contributed by atoms with van der Waals surface area (Å²) in [6.07, 6.45) is -2.78. The molecule has 1 saturated carbocycles. The van der Waals surface area contributed by atoms with E-state index in [2.05, 4.69) is 5.32 Å². The second-order valence-electron chi connectivity index (χ2n) is 12.6. The predicted molar refractivity (Wildman–Crippen MR) is 147 cm³/mol. The summed E-state index contributed by atoms with van der Waals surface area (Å²) >= 11 is 0. The third-order valence-electron chi connectivity index (χ3n) is 10.6. The number of aryl methyl sites for hydroxylation is 1. The Morgan fingerprint density at radius 1 is 0.977 bits per heavy atom. The van der Waals surface area contributed by atoms with E-state index in [-0.39, 0.29) is 48.0 Å². The minimum atomic E-state index is -5.17. The number of alkyl halides is 4. The van der Waals surface area contributed by atoms with Crippen LogP contribution in [0.5, 0.6) is 0 Å². The summed E-state index contributed by atoms with van der Waals surface area (Å²) in [5.41, 5.74) is -4.17. The van der Waals surface area contributed by atoms with Gasteiger partial charge in [0, 0.05) is 25.6 Å². The average Bonchev–Trinajstić information content (AvgIpc) is 3.54. The number of nitrogens with one attached hydrogen (secondary N) is 1. The lowest BCUT2D eigenvalue weighted by Gasteiger charge is -2.44. The first-order chi connectivity index (χ1) is 20.1. The van der Waals surface area contributed by atoms with Crippen LogP contribution >= 0.6 is 0 Å². The van der Waals surface area contributed by atoms with Gasteiger partial charge in [-0.05, 0) is 98.7 Å². The number of sulfone groups is 1. The first-order valence-corrected chi connectivity index (χ1v) is 16.1. The molecule has 232 valence electrons. The van der Waals surface area contributed by atoms with Gasteiger partial charge in [0.2, 0.25) is 17.5 Å². The third-order valence-corrected chi connectivity index (χ3v) is 13.2. The Balaban J connectivity index is 1.39. The largest absolute Gasteiger partial charge is 0.426 e. The Morgan fingerprint density at radius 3 is 2.26 bits per heavy atom. The lowest BCUT2D eigenvalue weighted by molar-refractivity contribution is -0.228. The molecule has 4 atom stereocenters. The minimum Gasteiger partial charge on any atom is -0.356 e. The van der Waals surface area contributed by atoms with E-state index in [9.17, 15) is 40.0 Å². The van der Waals surface area contributed by atoms with E-state index in [1.54, 1.807) is 4.90 Å². The lowest BCUT2D eigenvalue weighted by atomic mass is 9.72. The number of benzene rings is 2. The van der Waals surface area contributed by atoms with Crippen LogP contribution in [0, 0.1) is 23.1 Å². The van der Waals surface area contributed by atoms with E-state index in [1.165, 1.54) is 6.07 Å². The zero-order chi connectivity index (χ0) is 31.0. The normalized spacial score (nSPS) is 28.2. The molecule has 6 rings (SSSR count). The Kier molecular flexibility index (Phi) is 6.98. The molecular weight excluding hydrogens is 591 g/mol. The highest BCUT2D eigenvalue weighted by Crippen LogP contribution is 2.60. The van der Waals surface area contributed by atoms with Crippen molar-refractivity contribution in [3.05, 3.63) is 65.0 Å². The van der Waals surface area contributed by atoms with Crippen molar-refractivity contribution >= 4 is 21.7 Å². The summed E-state index contributed by atoms with van der Waals surface area (Å²) < 4.78 is 96.8. The van der Waals surface area contributed by atoms with Gasteiger partial charge < -0.3 is 10.2 Å². The van der Waals surface area contributed by atoms with Gasteiger partial charge in [-0.3, -0.25) is 9.59 Å². The molecule has 2 aliphatic heterocycles. The summed E-state index contributed by atoms with van der Waals surface area (Å²) in [5.74, 6) is -2.19. The number of fused-ring (bicyclic) bond motifs is 3. The summed E-state index contributed by atoms with van der Waals surface area (Å²) in [4.78, 5) is 28.0. The molecular formula is C31H33F5N2O4S. The van der Waals surface area contributed by atoms with Gasteiger partial charge in [0.1, 0.15) is 10.6 Å². The molecule has 3 fully saturated rings. The first kappa shape index (κ1) is 30.0. The van der Waals surface area contributed by atoms with Crippen LogP contribution in [0.3, 0.4) is 0 Å². The summed E-state index contributed by atoms with van der Waals surface area (Å²) in [5, 5.41) is 2.87. The molecule has 1 N–H and O–H groups in total. The highest BCUT2D eigenvalue weighted by molar-refractivity contribution is 7.92. The van der Waals surface area contributed by atoms with Gasteiger partial charge in [0.05, 0.1) is 10.3 Å². The van der Waals surface area contributed by atoms with Gasteiger partial charge in [0.25, 0.3) is 0 Å². The minimum absolute atomic E-state index is 0.00281. The average molecular weight is 625 g/mol. The Labute approximate surface area is 246 Å². The smallest absolute Gasteiger partial charge is 0.356 e. The number of nitrogens with zero attached hydrogens (tertiary/aromatic N) is 1. The molecule has 2 aromatic carbocycles. The maximum absolute atomic E-state index is 15.0.